The molecule has 3 heterocycles. The fraction of sp³-hybridized carbons (Fsp3) is 0.412. The summed E-state index contributed by atoms with van der Waals surface area (Å²) < 4.78 is 40.2. The topological polar surface area (TPSA) is 75.2 Å². The molecule has 1 saturated heterocycles. The minimum absolute atomic E-state index is 0.113. The Morgan fingerprint density at radius 2 is 1.88 bits per heavy atom. The zero-order valence-electron chi connectivity index (χ0n) is 13.9. The normalized spacial score (nSPS) is 15.8. The van der Waals surface area contributed by atoms with Crippen molar-refractivity contribution in [2.75, 3.05) is 18.0 Å². The lowest BCUT2D eigenvalue weighted by molar-refractivity contribution is 0.575. The standard InChI is InChI=1S/C17H21FN4O2S/c18-15-10-16(13-19-12-15)25(23,24)21-11-14-5-6-20-17(9-14)22-7-3-1-2-4-8-22/h5-6,9-10,12-13,21H,1-4,7-8,11H2. The fourth-order valence-electron chi connectivity index (χ4n) is 2.84. The van der Waals surface area contributed by atoms with E-state index in [4.69, 9.17) is 0 Å². The highest BCUT2D eigenvalue weighted by molar-refractivity contribution is 7.89. The van der Waals surface area contributed by atoms with Crippen LogP contribution in [0.25, 0.3) is 0 Å². The Bertz CT molecular complexity index is 821. The minimum Gasteiger partial charge on any atom is -0.357 e. The molecule has 3 rings (SSSR count). The van der Waals surface area contributed by atoms with Gasteiger partial charge in [0.05, 0.1) is 6.20 Å². The molecule has 0 aromatic carbocycles. The van der Waals surface area contributed by atoms with Gasteiger partial charge in [0, 0.05) is 32.0 Å². The summed E-state index contributed by atoms with van der Waals surface area (Å²) >= 11 is 0. The van der Waals surface area contributed by atoms with E-state index in [1.54, 1.807) is 12.3 Å². The Morgan fingerprint density at radius 3 is 2.60 bits per heavy atom. The van der Waals surface area contributed by atoms with Crippen molar-refractivity contribution in [3.63, 3.8) is 0 Å². The van der Waals surface area contributed by atoms with Gasteiger partial charge in [0.25, 0.3) is 0 Å². The molecule has 0 amide bonds. The van der Waals surface area contributed by atoms with Crippen molar-refractivity contribution in [3.8, 4) is 0 Å². The average molecular weight is 364 g/mol. The SMILES string of the molecule is O=S(=O)(NCc1ccnc(N2CCCCCC2)c1)c1cncc(F)c1. The number of sulfonamides is 1. The summed E-state index contributed by atoms with van der Waals surface area (Å²) in [5, 5.41) is 0. The van der Waals surface area contributed by atoms with Gasteiger partial charge in [0.15, 0.2) is 0 Å². The molecular formula is C17H21FN4O2S. The van der Waals surface area contributed by atoms with Crippen molar-refractivity contribution >= 4 is 15.8 Å². The van der Waals surface area contributed by atoms with Gasteiger partial charge in [-0.2, -0.15) is 0 Å². The van der Waals surface area contributed by atoms with Gasteiger partial charge < -0.3 is 4.90 Å². The number of hydrogen-bond acceptors (Lipinski definition) is 5. The van der Waals surface area contributed by atoms with Gasteiger partial charge >= 0.3 is 0 Å². The van der Waals surface area contributed by atoms with Gasteiger partial charge in [-0.25, -0.2) is 22.5 Å². The summed E-state index contributed by atoms with van der Waals surface area (Å²) in [7, 11) is -3.81. The van der Waals surface area contributed by atoms with E-state index in [0.29, 0.717) is 0 Å². The van der Waals surface area contributed by atoms with Crippen LogP contribution in [0.15, 0.2) is 41.7 Å². The first-order valence-electron chi connectivity index (χ1n) is 8.35. The monoisotopic (exact) mass is 364 g/mol. The molecule has 0 saturated carbocycles. The Hall–Kier alpha value is -2.06. The Balaban J connectivity index is 1.70. The zero-order valence-corrected chi connectivity index (χ0v) is 14.7. The lowest BCUT2D eigenvalue weighted by atomic mass is 10.2. The summed E-state index contributed by atoms with van der Waals surface area (Å²) in [6.07, 6.45) is 8.54. The Kier molecular flexibility index (Phi) is 5.60. The second-order valence-corrected chi connectivity index (χ2v) is 7.85. The van der Waals surface area contributed by atoms with E-state index in [9.17, 15) is 12.8 Å². The van der Waals surface area contributed by atoms with E-state index in [1.807, 2.05) is 6.07 Å². The summed E-state index contributed by atoms with van der Waals surface area (Å²) in [4.78, 5) is 10.0. The molecule has 8 heteroatoms. The number of rotatable bonds is 5. The molecule has 0 spiro atoms. The second kappa shape index (κ2) is 7.88. The fourth-order valence-corrected chi connectivity index (χ4v) is 3.83. The van der Waals surface area contributed by atoms with Gasteiger partial charge in [-0.05, 0) is 36.6 Å². The molecule has 134 valence electrons. The first-order chi connectivity index (χ1) is 12.0. The van der Waals surface area contributed by atoms with Crippen molar-refractivity contribution in [2.24, 2.45) is 0 Å². The molecule has 0 radical (unpaired) electrons. The highest BCUT2D eigenvalue weighted by Crippen LogP contribution is 2.18. The highest BCUT2D eigenvalue weighted by Gasteiger charge is 2.16. The van der Waals surface area contributed by atoms with E-state index in [0.717, 1.165) is 55.8 Å². The summed E-state index contributed by atoms with van der Waals surface area (Å²) in [5.41, 5.74) is 0.808. The van der Waals surface area contributed by atoms with Crippen LogP contribution in [-0.2, 0) is 16.6 Å². The van der Waals surface area contributed by atoms with E-state index in [-0.39, 0.29) is 11.4 Å². The maximum atomic E-state index is 13.2. The van der Waals surface area contributed by atoms with Crippen LogP contribution < -0.4 is 9.62 Å². The second-order valence-electron chi connectivity index (χ2n) is 6.09. The molecule has 2 aromatic heterocycles. The minimum atomic E-state index is -3.81. The molecular weight excluding hydrogens is 343 g/mol. The number of pyridine rings is 2. The maximum Gasteiger partial charge on any atom is 0.242 e. The number of halogens is 1. The first-order valence-corrected chi connectivity index (χ1v) is 9.83. The van der Waals surface area contributed by atoms with Crippen LogP contribution in [0.5, 0.6) is 0 Å². The summed E-state index contributed by atoms with van der Waals surface area (Å²) in [6, 6.07) is 4.62. The number of anilines is 1. The molecule has 1 aliphatic heterocycles. The first kappa shape index (κ1) is 17.8. The maximum absolute atomic E-state index is 13.2. The van der Waals surface area contributed by atoms with Gasteiger partial charge in [0.2, 0.25) is 10.0 Å². The van der Waals surface area contributed by atoms with Gasteiger partial charge in [-0.1, -0.05) is 12.8 Å². The molecule has 1 N–H and O–H groups in total. The van der Waals surface area contributed by atoms with Gasteiger partial charge in [-0.3, -0.25) is 4.98 Å². The number of aromatic nitrogens is 2. The molecule has 25 heavy (non-hydrogen) atoms. The van der Waals surface area contributed by atoms with Crippen LogP contribution in [0.3, 0.4) is 0 Å². The summed E-state index contributed by atoms with van der Waals surface area (Å²) in [6.45, 7) is 2.05. The van der Waals surface area contributed by atoms with E-state index in [1.165, 1.54) is 12.8 Å². The predicted octanol–water partition coefficient (Wildman–Crippen LogP) is 2.47. The number of nitrogens with zero attached hydrogens (tertiary/aromatic N) is 3. The molecule has 1 fully saturated rings. The van der Waals surface area contributed by atoms with Crippen molar-refractivity contribution < 1.29 is 12.8 Å². The molecule has 6 nitrogen and oxygen atoms in total. The molecule has 0 atom stereocenters. The van der Waals surface area contributed by atoms with Crippen LogP contribution in [0, 0.1) is 5.82 Å². The van der Waals surface area contributed by atoms with E-state index >= 15 is 0 Å². The van der Waals surface area contributed by atoms with Crippen LogP contribution in [0.2, 0.25) is 0 Å². The molecule has 0 bridgehead atoms. The van der Waals surface area contributed by atoms with Gasteiger partial charge in [-0.15, -0.1) is 0 Å². The smallest absolute Gasteiger partial charge is 0.242 e. The highest BCUT2D eigenvalue weighted by atomic mass is 32.2. The van der Waals surface area contributed by atoms with Gasteiger partial charge in [0.1, 0.15) is 16.5 Å². The van der Waals surface area contributed by atoms with E-state index in [2.05, 4.69) is 19.6 Å². The third kappa shape index (κ3) is 4.73. The van der Waals surface area contributed by atoms with Crippen LogP contribution in [0.4, 0.5) is 10.2 Å². The third-order valence-corrected chi connectivity index (χ3v) is 5.56. The molecule has 0 aliphatic carbocycles. The zero-order chi connectivity index (χ0) is 17.7. The lowest BCUT2D eigenvalue weighted by Gasteiger charge is -2.21. The van der Waals surface area contributed by atoms with Crippen LogP contribution in [-0.4, -0.2) is 31.5 Å². The van der Waals surface area contributed by atoms with Crippen molar-refractivity contribution in [1.29, 1.82) is 0 Å². The van der Waals surface area contributed by atoms with Crippen LogP contribution in [0.1, 0.15) is 31.2 Å². The molecule has 2 aromatic rings. The quantitative estimate of drug-likeness (QED) is 0.882. The third-order valence-electron chi connectivity index (χ3n) is 4.20. The lowest BCUT2D eigenvalue weighted by Crippen LogP contribution is -2.26. The van der Waals surface area contributed by atoms with Crippen molar-refractivity contribution in [1.82, 2.24) is 14.7 Å². The summed E-state index contributed by atoms with van der Waals surface area (Å²) in [5.74, 6) is 0.182. The molecule has 1 aliphatic rings. The average Bonchev–Trinajstić information content (AvgIpc) is 2.90. The van der Waals surface area contributed by atoms with Crippen molar-refractivity contribution in [2.45, 2.75) is 37.1 Å². The number of nitrogens with one attached hydrogen (secondary N) is 1. The van der Waals surface area contributed by atoms with Crippen LogP contribution >= 0.6 is 0 Å². The molecule has 0 unspecified atom stereocenters. The van der Waals surface area contributed by atoms with Crippen molar-refractivity contribution in [3.05, 3.63) is 48.2 Å². The predicted molar refractivity (Wildman–Crippen MR) is 93.1 cm³/mol. The Morgan fingerprint density at radius 1 is 1.12 bits per heavy atom. The van der Waals surface area contributed by atoms with E-state index < -0.39 is 15.8 Å². The largest absolute Gasteiger partial charge is 0.357 e. The number of hydrogen-bond donors (Lipinski definition) is 1. The Labute approximate surface area is 147 Å².